The standard InChI is InChI=1S/Al.K.H2O4S.12H2O.4H/c;;1-5(2,3)4;;;;;;;;;;;;;;;;/h;;(H2,1,2,3,4);12*1H2;;;;. The van der Waals surface area contributed by atoms with Crippen molar-refractivity contribution in [3.05, 3.63) is 0 Å². The molecule has 0 spiro atoms. The molecule has 0 amide bonds. The molecule has 0 rings (SSSR count). The summed E-state index contributed by atoms with van der Waals surface area (Å²) in [6.07, 6.45) is 0. The van der Waals surface area contributed by atoms with Crippen LogP contribution in [0.3, 0.4) is 0 Å². The van der Waals surface area contributed by atoms with Gasteiger partial charge in [0.05, 0.1) is 0 Å². The Kier molecular flexibility index (Phi) is 1580. The van der Waals surface area contributed by atoms with Gasteiger partial charge in [0.25, 0.3) is 0 Å². The summed E-state index contributed by atoms with van der Waals surface area (Å²) in [5.41, 5.74) is 0. The number of hydrogen-bond acceptors (Lipinski definition) is 2. The predicted octanol–water partition coefficient (Wildman–Crippen LogP) is -12.4. The second-order valence-electron chi connectivity index (χ2n) is 0.448. The number of hydrogen-bond donors (Lipinski definition) is 2. The van der Waals surface area contributed by atoms with Crippen LogP contribution in [0.25, 0.3) is 0 Å². The molecule has 0 saturated carbocycles. The van der Waals surface area contributed by atoms with E-state index in [-0.39, 0.29) is 134 Å². The van der Waals surface area contributed by atoms with E-state index in [1.54, 1.807) is 0 Å². The Morgan fingerprint density at radius 3 is 0.474 bits per heavy atom. The van der Waals surface area contributed by atoms with Crippen LogP contribution in [0.15, 0.2) is 0 Å². The summed E-state index contributed by atoms with van der Waals surface area (Å²) in [5.74, 6) is 0. The zero-order valence-corrected chi connectivity index (χ0v) is 8.94. The Labute approximate surface area is 161 Å². The van der Waals surface area contributed by atoms with Crippen LogP contribution in [0.1, 0.15) is 0 Å². The van der Waals surface area contributed by atoms with E-state index in [4.69, 9.17) is 17.5 Å². The molecule has 136 valence electrons. The average molecular weight is 384 g/mol. The van der Waals surface area contributed by atoms with Crippen molar-refractivity contribution in [3.8, 4) is 0 Å². The fourth-order valence-corrected chi connectivity index (χ4v) is 0. The minimum atomic E-state index is -4.67. The fraction of sp³-hybridized carbons (Fsp3) is 0. The molecule has 0 aromatic rings. The molecule has 16 nitrogen and oxygen atoms in total. The van der Waals surface area contributed by atoms with Crippen LogP contribution in [0.2, 0.25) is 0 Å². The molecule has 0 unspecified atom stereocenters. The van der Waals surface area contributed by atoms with Crippen LogP contribution < -0.4 is 0 Å². The van der Waals surface area contributed by atoms with Gasteiger partial charge in [0, 0.05) is 0 Å². The van der Waals surface area contributed by atoms with E-state index >= 15 is 0 Å². The SMILES string of the molecule is O.O.O.O.O.O.O.O.O.O.O.O.O=S(=O)(O)O.[AlH3].[KH]. The third-order valence-electron chi connectivity index (χ3n) is 0. The van der Waals surface area contributed by atoms with Crippen molar-refractivity contribution in [2.24, 2.45) is 0 Å². The first kappa shape index (κ1) is 255. The van der Waals surface area contributed by atoms with E-state index in [0.29, 0.717) is 0 Å². The fourth-order valence-electron chi connectivity index (χ4n) is 0. The van der Waals surface area contributed by atoms with Crippen LogP contribution in [-0.2, 0) is 10.4 Å². The van der Waals surface area contributed by atoms with E-state index in [1.807, 2.05) is 0 Å². The molecular formula is H30AlKO16S. The first-order valence-electron chi connectivity index (χ1n) is 0.698. The van der Waals surface area contributed by atoms with Gasteiger partial charge in [-0.1, -0.05) is 0 Å². The van der Waals surface area contributed by atoms with Gasteiger partial charge >= 0.3 is 61.8 Å². The molecule has 0 bridgehead atoms. The van der Waals surface area contributed by atoms with Crippen LogP contribution >= 0.6 is 0 Å². The van der Waals surface area contributed by atoms with Crippen LogP contribution in [0, 0.1) is 0 Å². The quantitative estimate of drug-likeness (QED) is 0.303. The zero-order valence-electron chi connectivity index (χ0n) is 8.12. The molecule has 0 radical (unpaired) electrons. The molecule has 0 atom stereocenters. The van der Waals surface area contributed by atoms with Crippen molar-refractivity contribution in [1.29, 1.82) is 0 Å². The molecule has 0 saturated heterocycles. The van der Waals surface area contributed by atoms with Gasteiger partial charge < -0.3 is 65.7 Å². The van der Waals surface area contributed by atoms with Crippen molar-refractivity contribution in [2.75, 3.05) is 0 Å². The van der Waals surface area contributed by atoms with Gasteiger partial charge in [-0.3, -0.25) is 9.11 Å². The monoisotopic (exact) mass is 384 g/mol. The van der Waals surface area contributed by atoms with Gasteiger partial charge in [-0.15, -0.1) is 0 Å². The predicted molar refractivity (Wildman–Crippen MR) is 74.6 cm³/mol. The Hall–Kier alpha value is 1.56. The van der Waals surface area contributed by atoms with Gasteiger partial charge in [-0.25, -0.2) is 0 Å². The molecular weight excluding hydrogens is 354 g/mol. The molecule has 0 aromatic heterocycles. The van der Waals surface area contributed by atoms with Crippen molar-refractivity contribution < 1.29 is 83.2 Å². The third kappa shape index (κ3) is 2480. The van der Waals surface area contributed by atoms with Crippen LogP contribution in [-0.4, -0.2) is 152 Å². The van der Waals surface area contributed by atoms with Gasteiger partial charge in [0.1, 0.15) is 0 Å². The summed E-state index contributed by atoms with van der Waals surface area (Å²) in [6.45, 7) is 0. The summed E-state index contributed by atoms with van der Waals surface area (Å²) < 4.78 is 31.6. The molecule has 0 heterocycles. The summed E-state index contributed by atoms with van der Waals surface area (Å²) in [7, 11) is -4.67. The topological polar surface area (TPSA) is 453 Å². The van der Waals surface area contributed by atoms with E-state index in [9.17, 15) is 0 Å². The second kappa shape index (κ2) is 118. The van der Waals surface area contributed by atoms with Crippen molar-refractivity contribution in [3.63, 3.8) is 0 Å². The summed E-state index contributed by atoms with van der Waals surface area (Å²) in [6, 6.07) is 0. The van der Waals surface area contributed by atoms with Crippen molar-refractivity contribution >= 4 is 79.1 Å². The molecule has 0 aliphatic rings. The van der Waals surface area contributed by atoms with E-state index in [2.05, 4.69) is 0 Å². The van der Waals surface area contributed by atoms with Crippen molar-refractivity contribution in [1.82, 2.24) is 0 Å². The van der Waals surface area contributed by atoms with Gasteiger partial charge in [0.2, 0.25) is 0 Å². The average Bonchev–Trinajstić information content (AvgIpc) is 0.722. The van der Waals surface area contributed by atoms with Gasteiger partial charge in [0.15, 0.2) is 17.4 Å². The summed E-state index contributed by atoms with van der Waals surface area (Å²) in [4.78, 5) is 0. The van der Waals surface area contributed by atoms with E-state index in [0.717, 1.165) is 0 Å². The Balaban J connectivity index is -0.000000000879. The number of rotatable bonds is 0. The van der Waals surface area contributed by atoms with E-state index in [1.165, 1.54) is 0 Å². The third-order valence-corrected chi connectivity index (χ3v) is 0. The second-order valence-corrected chi connectivity index (χ2v) is 1.34. The summed E-state index contributed by atoms with van der Waals surface area (Å²) in [5, 5.41) is 0. The molecule has 0 aliphatic carbocycles. The molecule has 0 aromatic carbocycles. The Morgan fingerprint density at radius 1 is 0.474 bits per heavy atom. The van der Waals surface area contributed by atoms with Crippen LogP contribution in [0.5, 0.6) is 0 Å². The Morgan fingerprint density at radius 2 is 0.474 bits per heavy atom. The maximum absolute atomic E-state index is 8.74. The van der Waals surface area contributed by atoms with Crippen molar-refractivity contribution in [2.45, 2.75) is 0 Å². The molecule has 0 fully saturated rings. The first-order valence-corrected chi connectivity index (χ1v) is 2.10. The summed E-state index contributed by atoms with van der Waals surface area (Å²) >= 11 is 0. The molecule has 19 heteroatoms. The minimum absolute atomic E-state index is 0. The van der Waals surface area contributed by atoms with Crippen LogP contribution in [0.4, 0.5) is 0 Å². The molecule has 0 aliphatic heterocycles. The molecule has 26 N–H and O–H groups in total. The van der Waals surface area contributed by atoms with Gasteiger partial charge in [-0.05, 0) is 0 Å². The van der Waals surface area contributed by atoms with Gasteiger partial charge in [-0.2, -0.15) is 8.42 Å². The normalized spacial score (nSPS) is 3.05. The maximum atomic E-state index is 8.74. The zero-order chi connectivity index (χ0) is 4.50. The molecule has 19 heavy (non-hydrogen) atoms. The first-order chi connectivity index (χ1) is 2.00. The van der Waals surface area contributed by atoms with E-state index < -0.39 is 10.4 Å². The Bertz CT molecular complexity index is 99.9.